The molecule has 0 aliphatic carbocycles. The number of nitrogens with zero attached hydrogens (tertiary/aromatic N) is 4. The lowest BCUT2D eigenvalue weighted by Crippen LogP contribution is -2.01. The van der Waals surface area contributed by atoms with E-state index in [0.717, 1.165) is 0 Å². The largest absolute Gasteiger partial charge is 0.251 e. The van der Waals surface area contributed by atoms with Gasteiger partial charge in [0.1, 0.15) is 23.0 Å². The number of hydrogen-bond acceptors (Lipinski definition) is 3. The first-order valence-electron chi connectivity index (χ1n) is 9.23. The Balaban J connectivity index is 1.73. The fraction of sp³-hybridized carbons (Fsp3) is 0. The van der Waals surface area contributed by atoms with Crippen LogP contribution in [0.25, 0.3) is 39.5 Å². The van der Waals surface area contributed by atoms with Crippen molar-refractivity contribution in [3.05, 3.63) is 94.6 Å². The van der Waals surface area contributed by atoms with E-state index in [-0.39, 0.29) is 11.6 Å². The lowest BCUT2D eigenvalue weighted by Gasteiger charge is -2.09. The van der Waals surface area contributed by atoms with Crippen molar-refractivity contribution in [3.63, 3.8) is 0 Å². The molecule has 8 heteroatoms. The molecule has 0 bridgehead atoms. The molecule has 0 fully saturated rings. The molecule has 152 valence electrons. The molecule has 0 spiro atoms. The summed E-state index contributed by atoms with van der Waals surface area (Å²) in [6.07, 6.45) is 1.71. The molecule has 0 saturated carbocycles. The van der Waals surface area contributed by atoms with Crippen molar-refractivity contribution in [3.8, 4) is 33.8 Å². The molecule has 0 saturated heterocycles. The van der Waals surface area contributed by atoms with Crippen LogP contribution in [-0.4, -0.2) is 19.6 Å². The smallest absolute Gasteiger partial charge is 0.209 e. The Kier molecular flexibility index (Phi) is 4.88. The van der Waals surface area contributed by atoms with Crippen molar-refractivity contribution in [1.29, 1.82) is 0 Å². The maximum atomic E-state index is 13.5. The predicted molar refractivity (Wildman–Crippen MR) is 117 cm³/mol. The highest BCUT2D eigenvalue weighted by atomic mass is 35.5. The topological polar surface area (TPSA) is 43.1 Å². The number of fused-ring (bicyclic) bond motifs is 1. The van der Waals surface area contributed by atoms with Gasteiger partial charge < -0.3 is 0 Å². The fourth-order valence-corrected chi connectivity index (χ4v) is 3.76. The highest BCUT2D eigenvalue weighted by Gasteiger charge is 2.17. The minimum absolute atomic E-state index is 0.339. The van der Waals surface area contributed by atoms with Gasteiger partial charge in [-0.1, -0.05) is 23.2 Å². The number of rotatable bonds is 3. The summed E-state index contributed by atoms with van der Waals surface area (Å²) in [5, 5.41) is 5.65. The van der Waals surface area contributed by atoms with Gasteiger partial charge >= 0.3 is 0 Å². The molecule has 0 radical (unpaired) electrons. The van der Waals surface area contributed by atoms with Gasteiger partial charge in [0.05, 0.1) is 16.9 Å². The molecule has 31 heavy (non-hydrogen) atoms. The maximum absolute atomic E-state index is 13.5. The van der Waals surface area contributed by atoms with E-state index in [1.54, 1.807) is 48.7 Å². The SMILES string of the molecule is Fc1ccc(-c2nc3nc(-c4ccc(Cl)cc4Cl)cn3nc2-c2ccc(F)cc2)cc1. The third-order valence-electron chi connectivity index (χ3n) is 4.76. The number of hydrogen-bond donors (Lipinski definition) is 0. The van der Waals surface area contributed by atoms with Crippen LogP contribution in [0.3, 0.4) is 0 Å². The van der Waals surface area contributed by atoms with E-state index in [1.165, 1.54) is 28.8 Å². The van der Waals surface area contributed by atoms with Crippen LogP contribution < -0.4 is 0 Å². The van der Waals surface area contributed by atoms with Crippen LogP contribution in [-0.2, 0) is 0 Å². The molecule has 0 aliphatic rings. The lowest BCUT2D eigenvalue weighted by atomic mass is 10.0. The molecule has 3 aromatic carbocycles. The molecular formula is C23H12Cl2F2N4. The number of halogens is 4. The Morgan fingerprint density at radius 2 is 1.32 bits per heavy atom. The second-order valence-corrected chi connectivity index (χ2v) is 7.66. The summed E-state index contributed by atoms with van der Waals surface area (Å²) in [6, 6.07) is 17.0. The average molecular weight is 453 g/mol. The zero-order valence-corrected chi connectivity index (χ0v) is 17.2. The quantitative estimate of drug-likeness (QED) is 0.305. The molecule has 0 unspecified atom stereocenters. The average Bonchev–Trinajstić information content (AvgIpc) is 3.16. The van der Waals surface area contributed by atoms with Gasteiger partial charge in [-0.15, -0.1) is 0 Å². The summed E-state index contributed by atoms with van der Waals surface area (Å²) in [4.78, 5) is 9.23. The number of benzene rings is 3. The molecule has 0 aliphatic heterocycles. The van der Waals surface area contributed by atoms with Gasteiger partial charge in [0.15, 0.2) is 0 Å². The molecule has 2 heterocycles. The standard InChI is InChI=1S/C23H12Cl2F2N4/c24-15-5-10-18(19(25)11-15)20-12-31-23(28-20)29-21(13-1-6-16(26)7-2-13)22(30-31)14-3-8-17(27)9-4-14/h1-12H. The Labute approximate surface area is 185 Å². The summed E-state index contributed by atoms with van der Waals surface area (Å²) in [6.45, 7) is 0. The first-order chi connectivity index (χ1) is 15.0. The number of imidazole rings is 1. The van der Waals surface area contributed by atoms with E-state index < -0.39 is 0 Å². The first kappa shape index (κ1) is 19.6. The van der Waals surface area contributed by atoms with Crippen LogP contribution >= 0.6 is 23.2 Å². The highest BCUT2D eigenvalue weighted by molar-refractivity contribution is 6.36. The highest BCUT2D eigenvalue weighted by Crippen LogP contribution is 2.32. The molecule has 5 aromatic rings. The second kappa shape index (κ2) is 7.72. The second-order valence-electron chi connectivity index (χ2n) is 6.82. The van der Waals surface area contributed by atoms with Crippen LogP contribution in [0.2, 0.25) is 10.0 Å². The third kappa shape index (κ3) is 3.76. The van der Waals surface area contributed by atoms with E-state index in [1.807, 2.05) is 0 Å². The van der Waals surface area contributed by atoms with Gasteiger partial charge in [-0.3, -0.25) is 0 Å². The van der Waals surface area contributed by atoms with Gasteiger partial charge in [0.25, 0.3) is 5.78 Å². The van der Waals surface area contributed by atoms with E-state index in [2.05, 4.69) is 15.1 Å². The van der Waals surface area contributed by atoms with Gasteiger partial charge in [-0.25, -0.2) is 23.3 Å². The van der Waals surface area contributed by atoms with Crippen LogP contribution in [0.5, 0.6) is 0 Å². The van der Waals surface area contributed by atoms with Crippen molar-refractivity contribution in [2.24, 2.45) is 0 Å². The third-order valence-corrected chi connectivity index (χ3v) is 5.30. The van der Waals surface area contributed by atoms with Gasteiger partial charge in [0.2, 0.25) is 0 Å². The summed E-state index contributed by atoms with van der Waals surface area (Å²) in [5.74, 6) is -0.379. The zero-order chi connectivity index (χ0) is 21.5. The first-order valence-corrected chi connectivity index (χ1v) is 9.98. The molecular weight excluding hydrogens is 441 g/mol. The van der Waals surface area contributed by atoms with Crippen molar-refractivity contribution >= 4 is 29.0 Å². The summed E-state index contributed by atoms with van der Waals surface area (Å²) in [5.41, 5.74) is 3.58. The van der Waals surface area contributed by atoms with Crippen LogP contribution in [0.4, 0.5) is 8.78 Å². The van der Waals surface area contributed by atoms with Crippen LogP contribution in [0, 0.1) is 11.6 Å². The maximum Gasteiger partial charge on any atom is 0.251 e. The minimum atomic E-state index is -0.360. The molecule has 5 rings (SSSR count). The monoisotopic (exact) mass is 452 g/mol. The zero-order valence-electron chi connectivity index (χ0n) is 15.7. The van der Waals surface area contributed by atoms with Crippen molar-refractivity contribution < 1.29 is 8.78 Å². The molecule has 0 amide bonds. The minimum Gasteiger partial charge on any atom is -0.209 e. The molecule has 0 N–H and O–H groups in total. The Morgan fingerprint density at radius 1 is 0.710 bits per heavy atom. The van der Waals surface area contributed by atoms with Crippen molar-refractivity contribution in [2.75, 3.05) is 0 Å². The normalized spacial score (nSPS) is 11.2. The Hall–Kier alpha value is -3.35. The van der Waals surface area contributed by atoms with Gasteiger partial charge in [0, 0.05) is 21.7 Å². The summed E-state index contributed by atoms with van der Waals surface area (Å²) in [7, 11) is 0. The summed E-state index contributed by atoms with van der Waals surface area (Å²) < 4.78 is 28.5. The van der Waals surface area contributed by atoms with Crippen LogP contribution in [0.1, 0.15) is 0 Å². The van der Waals surface area contributed by atoms with Gasteiger partial charge in [-0.2, -0.15) is 5.10 Å². The fourth-order valence-electron chi connectivity index (χ4n) is 3.26. The van der Waals surface area contributed by atoms with Crippen molar-refractivity contribution in [1.82, 2.24) is 19.6 Å². The van der Waals surface area contributed by atoms with Gasteiger partial charge in [-0.05, 0) is 66.7 Å². The molecule has 2 aromatic heterocycles. The number of aromatic nitrogens is 4. The molecule has 0 atom stereocenters. The summed E-state index contributed by atoms with van der Waals surface area (Å²) >= 11 is 12.3. The van der Waals surface area contributed by atoms with E-state index in [0.29, 0.717) is 49.6 Å². The predicted octanol–water partition coefficient (Wildman–Crippen LogP) is 6.71. The van der Waals surface area contributed by atoms with Crippen LogP contribution in [0.15, 0.2) is 72.9 Å². The van der Waals surface area contributed by atoms with Crippen molar-refractivity contribution in [2.45, 2.75) is 0 Å². The van der Waals surface area contributed by atoms with E-state index in [4.69, 9.17) is 23.2 Å². The Morgan fingerprint density at radius 3 is 1.94 bits per heavy atom. The van der Waals surface area contributed by atoms with E-state index in [9.17, 15) is 8.78 Å². The molecule has 4 nitrogen and oxygen atoms in total. The van der Waals surface area contributed by atoms with E-state index >= 15 is 0 Å². The Bertz CT molecular complexity index is 1330. The lowest BCUT2D eigenvalue weighted by molar-refractivity contribution is 0.627.